The maximum absolute atomic E-state index is 14.4. The Labute approximate surface area is 277 Å². The van der Waals surface area contributed by atoms with Gasteiger partial charge in [0.05, 0.1) is 17.6 Å². The molecule has 0 aromatic heterocycles. The molecule has 8 fully saturated rings. The quantitative estimate of drug-likeness (QED) is 0.205. The van der Waals surface area contributed by atoms with Crippen LogP contribution in [0.4, 0.5) is 0 Å². The standard InChI is InChI=1S/C34H44O14/c1-10-17-20(32(7)33(8,42)29(41)48-34(32)26(10)47-34)23(40)18-16-19(25(43-11(2)35)28(31(17,18)6)45-13(4)37)30(5)14(21(38)22(16)39)9-15-24(46-15)27(30)44-12(3)36/h10,14-20,22-28,39-40,42H,9H2,1-8H3/t10-,14+,15-,16-,17-,18+,19+,20-,22+,23+,24-,25-,26-,27-,28-,30-,31+,32-,33+,34+/m0/s1. The lowest BCUT2D eigenvalue weighted by Crippen LogP contribution is -2.74. The van der Waals surface area contributed by atoms with Gasteiger partial charge in [0.15, 0.2) is 11.4 Å². The minimum Gasteiger partial charge on any atom is -0.459 e. The summed E-state index contributed by atoms with van der Waals surface area (Å²) >= 11 is 0. The number of aliphatic hydroxyl groups is 3. The van der Waals surface area contributed by atoms with Crippen LogP contribution in [0.15, 0.2) is 0 Å². The molecule has 8 aliphatic rings. The maximum atomic E-state index is 14.4. The fraction of sp³-hybridized carbons (Fsp3) is 0.853. The fourth-order valence-corrected chi connectivity index (χ4v) is 12.9. The van der Waals surface area contributed by atoms with E-state index in [1.165, 1.54) is 27.7 Å². The monoisotopic (exact) mass is 676 g/mol. The maximum Gasteiger partial charge on any atom is 0.341 e. The number of rotatable bonds is 3. The number of carbonyl (C=O) groups is 5. The molecule has 3 heterocycles. The van der Waals surface area contributed by atoms with Crippen LogP contribution in [0.25, 0.3) is 0 Å². The van der Waals surface area contributed by atoms with Gasteiger partial charge in [0.2, 0.25) is 5.79 Å². The van der Waals surface area contributed by atoms with Gasteiger partial charge >= 0.3 is 23.9 Å². The first-order valence-electron chi connectivity index (χ1n) is 16.9. The van der Waals surface area contributed by atoms with Crippen LogP contribution in [0.1, 0.15) is 61.8 Å². The molecule has 0 aromatic rings. The molecule has 3 aliphatic heterocycles. The average molecular weight is 677 g/mol. The van der Waals surface area contributed by atoms with Crippen LogP contribution in [-0.2, 0) is 52.4 Å². The van der Waals surface area contributed by atoms with Crippen molar-refractivity contribution < 1.29 is 67.7 Å². The van der Waals surface area contributed by atoms with Crippen LogP contribution in [-0.4, -0.2) is 105 Å². The number of ether oxygens (including phenoxy) is 6. The molecule has 0 radical (unpaired) electrons. The van der Waals surface area contributed by atoms with Gasteiger partial charge < -0.3 is 43.7 Å². The van der Waals surface area contributed by atoms with E-state index in [-0.39, 0.29) is 12.5 Å². The predicted octanol–water partition coefficient (Wildman–Crippen LogP) is 0.0530. The molecule has 264 valence electrons. The van der Waals surface area contributed by atoms with E-state index in [1.54, 1.807) is 20.8 Å². The van der Waals surface area contributed by atoms with Crippen molar-refractivity contribution >= 4 is 29.7 Å². The minimum absolute atomic E-state index is 0.234. The first kappa shape index (κ1) is 32.5. The molecule has 48 heavy (non-hydrogen) atoms. The molecule has 8 rings (SSSR count). The molecule has 0 amide bonds. The Morgan fingerprint density at radius 3 is 2.04 bits per heavy atom. The Morgan fingerprint density at radius 2 is 1.44 bits per heavy atom. The lowest BCUT2D eigenvalue weighted by Gasteiger charge is -2.65. The predicted molar refractivity (Wildman–Crippen MR) is 156 cm³/mol. The Bertz CT molecular complexity index is 1540. The van der Waals surface area contributed by atoms with Gasteiger partial charge in [-0.3, -0.25) is 19.2 Å². The van der Waals surface area contributed by atoms with Gasteiger partial charge in [0.1, 0.15) is 36.6 Å². The molecule has 0 unspecified atom stereocenters. The van der Waals surface area contributed by atoms with E-state index in [0.29, 0.717) is 0 Å². The summed E-state index contributed by atoms with van der Waals surface area (Å²) in [6, 6.07) is 0. The molecule has 0 aromatic carbocycles. The summed E-state index contributed by atoms with van der Waals surface area (Å²) in [5, 5.41) is 36.8. The van der Waals surface area contributed by atoms with Crippen molar-refractivity contribution in [3.63, 3.8) is 0 Å². The van der Waals surface area contributed by atoms with Gasteiger partial charge in [-0.25, -0.2) is 4.79 Å². The number of fused-ring (bicyclic) bond motifs is 9. The summed E-state index contributed by atoms with van der Waals surface area (Å²) in [7, 11) is 0. The number of ketones is 1. The zero-order valence-corrected chi connectivity index (χ0v) is 28.2. The lowest BCUT2D eigenvalue weighted by atomic mass is 9.41. The smallest absolute Gasteiger partial charge is 0.341 e. The van der Waals surface area contributed by atoms with Crippen molar-refractivity contribution in [2.45, 2.75) is 122 Å². The van der Waals surface area contributed by atoms with Crippen LogP contribution >= 0.6 is 0 Å². The first-order valence-corrected chi connectivity index (χ1v) is 16.9. The molecule has 3 N–H and O–H groups in total. The first-order chi connectivity index (χ1) is 22.2. The third-order valence-corrected chi connectivity index (χ3v) is 14.7. The number of hydrogen-bond acceptors (Lipinski definition) is 14. The summed E-state index contributed by atoms with van der Waals surface area (Å²) in [4.78, 5) is 66.2. The van der Waals surface area contributed by atoms with Crippen molar-refractivity contribution in [3.8, 4) is 0 Å². The van der Waals surface area contributed by atoms with E-state index in [2.05, 4.69) is 0 Å². The van der Waals surface area contributed by atoms with E-state index in [9.17, 15) is 39.3 Å². The Kier molecular flexibility index (Phi) is 6.35. The molecule has 3 saturated heterocycles. The van der Waals surface area contributed by atoms with Gasteiger partial charge in [-0.2, -0.15) is 0 Å². The normalized spacial score (nSPS) is 59.6. The second-order valence-electron chi connectivity index (χ2n) is 16.5. The highest BCUT2D eigenvalue weighted by Gasteiger charge is 2.93. The Morgan fingerprint density at radius 1 is 0.833 bits per heavy atom. The molecule has 14 nitrogen and oxygen atoms in total. The van der Waals surface area contributed by atoms with E-state index in [0.717, 1.165) is 0 Å². The van der Waals surface area contributed by atoms with E-state index in [1.807, 2.05) is 6.92 Å². The number of hydrogen-bond donors (Lipinski definition) is 3. The van der Waals surface area contributed by atoms with E-state index < -0.39 is 141 Å². The van der Waals surface area contributed by atoms with Crippen LogP contribution in [0.5, 0.6) is 0 Å². The molecular weight excluding hydrogens is 632 g/mol. The number of epoxide rings is 2. The summed E-state index contributed by atoms with van der Waals surface area (Å²) in [6.07, 6.45) is -7.90. The topological polar surface area (TPSA) is 208 Å². The van der Waals surface area contributed by atoms with Crippen molar-refractivity contribution in [1.82, 2.24) is 0 Å². The van der Waals surface area contributed by atoms with Gasteiger partial charge in [-0.15, -0.1) is 0 Å². The van der Waals surface area contributed by atoms with Crippen LogP contribution in [0.2, 0.25) is 0 Å². The molecule has 5 saturated carbocycles. The molecule has 1 spiro atoms. The van der Waals surface area contributed by atoms with Crippen LogP contribution < -0.4 is 0 Å². The van der Waals surface area contributed by atoms with E-state index >= 15 is 0 Å². The Balaban J connectivity index is 1.38. The van der Waals surface area contributed by atoms with Crippen LogP contribution in [0.3, 0.4) is 0 Å². The summed E-state index contributed by atoms with van der Waals surface area (Å²) in [5.41, 5.74) is -6.23. The minimum atomic E-state index is -2.11. The molecule has 14 heteroatoms. The highest BCUT2D eigenvalue weighted by Crippen LogP contribution is 2.80. The Hall–Kier alpha value is -2.65. The highest BCUT2D eigenvalue weighted by atomic mass is 16.8. The second kappa shape index (κ2) is 9.36. The molecular formula is C34H44O14. The largest absolute Gasteiger partial charge is 0.459 e. The van der Waals surface area contributed by atoms with Crippen molar-refractivity contribution in [2.24, 2.45) is 57.7 Å². The fourth-order valence-electron chi connectivity index (χ4n) is 12.9. The highest BCUT2D eigenvalue weighted by molar-refractivity contribution is 5.88. The third-order valence-electron chi connectivity index (χ3n) is 14.7. The summed E-state index contributed by atoms with van der Waals surface area (Å²) in [5.74, 6) is -10.9. The molecule has 0 bridgehead atoms. The SMILES string of the molecule is CC(=O)O[C@H]1[C@H]2[C@H]([C@@H]3[C@@H](O)[C@@H]4[C@H]([C@H](C)[C@@H]5O[C@@]56OC(=O)[C@@](C)(O)[C@]46C)[C@@]3(C)[C@H]1OC(C)=O)[C@@H](O)C(=O)[C@H]1C[C@@H]3O[C@@H]3[C@H](OC(C)=O)[C@]21C. The average Bonchev–Trinajstić information content (AvgIpc) is 3.88. The summed E-state index contributed by atoms with van der Waals surface area (Å²) < 4.78 is 36.1. The van der Waals surface area contributed by atoms with E-state index in [4.69, 9.17) is 28.4 Å². The number of carbonyl (C=O) groups excluding carboxylic acids is 5. The zero-order valence-electron chi connectivity index (χ0n) is 28.2. The third kappa shape index (κ3) is 3.39. The van der Waals surface area contributed by atoms with Crippen molar-refractivity contribution in [1.29, 1.82) is 0 Å². The van der Waals surface area contributed by atoms with Crippen molar-refractivity contribution in [2.75, 3.05) is 0 Å². The van der Waals surface area contributed by atoms with Crippen molar-refractivity contribution in [3.05, 3.63) is 0 Å². The number of Topliss-reactive ketones (excluding diaryl/α,β-unsaturated/α-hetero) is 1. The molecule has 20 atom stereocenters. The van der Waals surface area contributed by atoms with Crippen LogP contribution in [0, 0.1) is 57.7 Å². The van der Waals surface area contributed by atoms with Gasteiger partial charge in [-0.1, -0.05) is 20.8 Å². The molecule has 5 aliphatic carbocycles. The second-order valence-corrected chi connectivity index (χ2v) is 16.5. The zero-order chi connectivity index (χ0) is 35.0. The lowest BCUT2D eigenvalue weighted by molar-refractivity contribution is -0.273. The van der Waals surface area contributed by atoms with Gasteiger partial charge in [0.25, 0.3) is 0 Å². The number of esters is 4. The van der Waals surface area contributed by atoms with Gasteiger partial charge in [0, 0.05) is 61.2 Å². The summed E-state index contributed by atoms with van der Waals surface area (Å²) in [6.45, 7) is 12.1. The van der Waals surface area contributed by atoms with Gasteiger partial charge in [-0.05, 0) is 32.1 Å². The number of aliphatic hydroxyl groups excluding tert-OH is 2.